The second-order valence-corrected chi connectivity index (χ2v) is 14.4. The predicted octanol–water partition coefficient (Wildman–Crippen LogP) is 10.1. The highest BCUT2D eigenvalue weighted by molar-refractivity contribution is 6.30. The number of carbonyl (C=O) groups is 2. The molecule has 6 heteroatoms. The Morgan fingerprint density at radius 3 is 0.796 bits per heavy atom. The zero-order valence-corrected chi connectivity index (χ0v) is 30.9. The number of carbonyl (C=O) groups excluding carboxylic acids is 2. The van der Waals surface area contributed by atoms with Gasteiger partial charge in [-0.15, -0.1) is 0 Å². The summed E-state index contributed by atoms with van der Waals surface area (Å²) in [6.45, 7) is 0. The van der Waals surface area contributed by atoms with Crippen molar-refractivity contribution in [1.29, 1.82) is 0 Å². The van der Waals surface area contributed by atoms with E-state index in [1.807, 2.05) is 72.8 Å². The molecule has 0 N–H and O–H groups in total. The molecule has 0 aliphatic heterocycles. The van der Waals surface area contributed by atoms with Crippen molar-refractivity contribution >= 4 is 11.6 Å². The number of hydrogen-bond acceptors (Lipinski definition) is 6. The second kappa shape index (κ2) is 13.4. The number of methoxy groups -OCH3 is 4. The molecule has 0 saturated heterocycles. The van der Waals surface area contributed by atoms with Crippen molar-refractivity contribution in [3.05, 3.63) is 142 Å². The minimum Gasteiger partial charge on any atom is -0.496 e. The van der Waals surface area contributed by atoms with Crippen molar-refractivity contribution in [2.75, 3.05) is 28.4 Å². The van der Waals surface area contributed by atoms with E-state index < -0.39 is 0 Å². The lowest BCUT2D eigenvalue weighted by Gasteiger charge is -2.24. The Kier molecular flexibility index (Phi) is 8.34. The Morgan fingerprint density at radius 1 is 0.333 bits per heavy atom. The van der Waals surface area contributed by atoms with Crippen LogP contribution in [0.1, 0.15) is 66.9 Å². The molecule has 0 atom stereocenters. The molecule has 0 radical (unpaired) electrons. The van der Waals surface area contributed by atoms with Gasteiger partial charge in [-0.2, -0.15) is 0 Å². The SMILES string of the molecule is COc1ccc2cc1CCCc1cc(ccc1OC)-c1cc3c(cc1-2)C(=O)c1cc2c(cc1C3=O)-c1ccc(OC)c(c1)CCCc1cc-2ccc1OC. The Balaban J connectivity index is 1.28. The summed E-state index contributed by atoms with van der Waals surface area (Å²) in [5.74, 6) is 3.01. The van der Waals surface area contributed by atoms with Gasteiger partial charge in [0.15, 0.2) is 11.6 Å². The topological polar surface area (TPSA) is 71.1 Å². The van der Waals surface area contributed by atoms with Gasteiger partial charge in [-0.1, -0.05) is 24.3 Å². The van der Waals surface area contributed by atoms with Crippen molar-refractivity contribution in [2.24, 2.45) is 0 Å². The molecule has 3 aliphatic carbocycles. The van der Waals surface area contributed by atoms with E-state index >= 15 is 0 Å². The molecular weight excluding hydrogens is 673 g/mol. The molecule has 0 unspecified atom stereocenters. The summed E-state index contributed by atoms with van der Waals surface area (Å²) >= 11 is 0. The molecule has 8 bridgehead atoms. The first-order valence-electron chi connectivity index (χ1n) is 18.5. The third kappa shape index (κ3) is 5.47. The maximum Gasteiger partial charge on any atom is 0.194 e. The fourth-order valence-corrected chi connectivity index (χ4v) is 8.70. The van der Waals surface area contributed by atoms with Crippen LogP contribution in [0.3, 0.4) is 0 Å². The smallest absolute Gasteiger partial charge is 0.194 e. The van der Waals surface area contributed by atoms with Crippen molar-refractivity contribution in [2.45, 2.75) is 38.5 Å². The molecule has 0 spiro atoms. The first-order chi connectivity index (χ1) is 26.4. The normalized spacial score (nSPS) is 13.9. The maximum atomic E-state index is 14.8. The van der Waals surface area contributed by atoms with E-state index in [-0.39, 0.29) is 11.6 Å². The van der Waals surface area contributed by atoms with Gasteiger partial charge in [0, 0.05) is 22.3 Å². The lowest BCUT2D eigenvalue weighted by molar-refractivity contribution is 0.0979. The number of ether oxygens (including phenoxy) is 4. The van der Waals surface area contributed by atoms with Gasteiger partial charge < -0.3 is 18.9 Å². The third-order valence-electron chi connectivity index (χ3n) is 11.4. The molecule has 6 aromatic rings. The fourth-order valence-electron chi connectivity index (χ4n) is 8.70. The van der Waals surface area contributed by atoms with E-state index in [0.717, 1.165) is 128 Å². The van der Waals surface area contributed by atoms with Crippen LogP contribution in [0.5, 0.6) is 23.0 Å². The summed E-state index contributed by atoms with van der Waals surface area (Å²) in [7, 11) is 6.79. The average molecular weight is 713 g/mol. The van der Waals surface area contributed by atoms with Gasteiger partial charge in [-0.3, -0.25) is 9.59 Å². The molecule has 0 fully saturated rings. The summed E-state index contributed by atoms with van der Waals surface area (Å²) in [5, 5.41) is 0. The molecule has 0 heterocycles. The van der Waals surface area contributed by atoms with Crippen LogP contribution in [-0.2, 0) is 25.7 Å². The van der Waals surface area contributed by atoms with Gasteiger partial charge >= 0.3 is 0 Å². The van der Waals surface area contributed by atoms with Crippen LogP contribution in [0, 0.1) is 0 Å². The summed E-state index contributed by atoms with van der Waals surface area (Å²) in [6, 6.07) is 32.6. The average Bonchev–Trinajstić information content (AvgIpc) is 3.23. The van der Waals surface area contributed by atoms with Crippen molar-refractivity contribution in [1.82, 2.24) is 0 Å². The lowest BCUT2D eigenvalue weighted by atomic mass is 9.77. The van der Waals surface area contributed by atoms with E-state index in [9.17, 15) is 9.59 Å². The Hall–Kier alpha value is -6.14. The Morgan fingerprint density at radius 2 is 0.574 bits per heavy atom. The highest BCUT2D eigenvalue weighted by atomic mass is 16.5. The molecule has 3 aliphatic rings. The number of aryl methyl sites for hydroxylation is 4. The van der Waals surface area contributed by atoms with Crippen LogP contribution in [-0.4, -0.2) is 40.0 Å². The Labute approximate surface area is 315 Å². The first-order valence-corrected chi connectivity index (χ1v) is 18.5. The van der Waals surface area contributed by atoms with Crippen molar-refractivity contribution in [3.63, 3.8) is 0 Å². The van der Waals surface area contributed by atoms with Gasteiger partial charge in [-0.05, 0) is 178 Å². The molecule has 6 nitrogen and oxygen atoms in total. The number of fused-ring (bicyclic) bond motifs is 16. The van der Waals surface area contributed by atoms with Crippen molar-refractivity contribution in [3.8, 4) is 67.5 Å². The van der Waals surface area contributed by atoms with Crippen molar-refractivity contribution < 1.29 is 28.5 Å². The van der Waals surface area contributed by atoms with E-state index in [1.54, 1.807) is 28.4 Å². The highest BCUT2D eigenvalue weighted by Crippen LogP contribution is 2.45. The van der Waals surface area contributed by atoms with E-state index in [0.29, 0.717) is 22.3 Å². The van der Waals surface area contributed by atoms with Crippen LogP contribution < -0.4 is 18.9 Å². The largest absolute Gasteiger partial charge is 0.496 e. The number of benzene rings is 6. The quantitative estimate of drug-likeness (QED) is 0.181. The number of hydrogen-bond donors (Lipinski definition) is 0. The van der Waals surface area contributed by atoms with E-state index in [1.165, 1.54) is 0 Å². The minimum absolute atomic E-state index is 0.165. The zero-order valence-electron chi connectivity index (χ0n) is 30.9. The molecule has 0 amide bonds. The van der Waals surface area contributed by atoms with Gasteiger partial charge in [0.1, 0.15) is 23.0 Å². The van der Waals surface area contributed by atoms with Gasteiger partial charge in [0.25, 0.3) is 0 Å². The zero-order chi connectivity index (χ0) is 37.1. The van der Waals surface area contributed by atoms with Crippen LogP contribution in [0.25, 0.3) is 44.5 Å². The molecule has 54 heavy (non-hydrogen) atoms. The molecule has 0 aromatic heterocycles. The highest BCUT2D eigenvalue weighted by Gasteiger charge is 2.33. The number of rotatable bonds is 4. The molecule has 268 valence electrons. The molecule has 0 saturated carbocycles. The Bertz CT molecular complexity index is 2200. The minimum atomic E-state index is -0.165. The van der Waals surface area contributed by atoms with E-state index in [2.05, 4.69) is 24.3 Å². The van der Waals surface area contributed by atoms with Crippen LogP contribution >= 0.6 is 0 Å². The predicted molar refractivity (Wildman–Crippen MR) is 212 cm³/mol. The molecule has 9 rings (SSSR count). The fraction of sp³-hybridized carbons (Fsp3) is 0.208. The summed E-state index contributed by atoms with van der Waals surface area (Å²) in [6.07, 6.45) is 5.11. The third-order valence-corrected chi connectivity index (χ3v) is 11.4. The van der Waals surface area contributed by atoms with Gasteiger partial charge in [-0.25, -0.2) is 0 Å². The maximum absolute atomic E-state index is 14.8. The van der Waals surface area contributed by atoms with Crippen LogP contribution in [0.4, 0.5) is 0 Å². The molecule has 6 aromatic carbocycles. The first kappa shape index (κ1) is 33.7. The lowest BCUT2D eigenvalue weighted by Crippen LogP contribution is -2.21. The number of ketones is 2. The van der Waals surface area contributed by atoms with E-state index in [4.69, 9.17) is 18.9 Å². The standard InChI is InChI=1S/C48H40O6/c1-51-43-15-11-27-19-31(43)7-5-8-32-20-28(12-16-44(32)52-2)36-24-40-39(23-35(27)36)47(49)41-25-37-29-13-17-45(53-3)33(21-29)9-6-10-34-22-30(14-18-46(34)54-4)38(37)26-42(41)48(40)50/h11-26H,5-10H2,1-4H3. The van der Waals surface area contributed by atoms with Gasteiger partial charge in [0.05, 0.1) is 28.4 Å². The van der Waals surface area contributed by atoms with Crippen LogP contribution in [0.2, 0.25) is 0 Å². The summed E-state index contributed by atoms with van der Waals surface area (Å²) in [5.41, 5.74) is 13.5. The van der Waals surface area contributed by atoms with Gasteiger partial charge in [0.2, 0.25) is 0 Å². The van der Waals surface area contributed by atoms with Crippen LogP contribution in [0.15, 0.2) is 97.1 Å². The second-order valence-electron chi connectivity index (χ2n) is 14.4. The summed E-state index contributed by atoms with van der Waals surface area (Å²) < 4.78 is 23.1. The summed E-state index contributed by atoms with van der Waals surface area (Å²) in [4.78, 5) is 29.7. The molecular formula is C48H40O6. The monoisotopic (exact) mass is 712 g/mol.